The van der Waals surface area contributed by atoms with Gasteiger partial charge in [-0.25, -0.2) is 0 Å². The Labute approximate surface area is 90.2 Å². The zero-order chi connectivity index (χ0) is 11.7. The highest BCUT2D eigenvalue weighted by molar-refractivity contribution is 5.78. The predicted octanol–water partition coefficient (Wildman–Crippen LogP) is 0.213. The van der Waals surface area contributed by atoms with Crippen molar-refractivity contribution in [3.63, 3.8) is 0 Å². The van der Waals surface area contributed by atoms with E-state index in [-0.39, 0.29) is 5.91 Å². The lowest BCUT2D eigenvalue weighted by atomic mass is 10.1. The monoisotopic (exact) mass is 216 g/mol. The summed E-state index contributed by atoms with van der Waals surface area (Å²) in [5.41, 5.74) is 0. The maximum Gasteiger partial charge on any atom is 0.306 e. The van der Waals surface area contributed by atoms with Crippen molar-refractivity contribution in [2.24, 2.45) is 5.92 Å². The molecule has 0 fully saturated rings. The first kappa shape index (κ1) is 13.9. The Balaban J connectivity index is 3.42. The van der Waals surface area contributed by atoms with Crippen LogP contribution in [0.1, 0.15) is 26.7 Å². The average molecular weight is 216 g/mol. The van der Waals surface area contributed by atoms with E-state index in [1.807, 2.05) is 6.92 Å². The number of nitrogens with one attached hydrogen (secondary N) is 2. The highest BCUT2D eigenvalue weighted by Crippen LogP contribution is 1.99. The van der Waals surface area contributed by atoms with Gasteiger partial charge in [-0.05, 0) is 19.4 Å². The fraction of sp³-hybridized carbons (Fsp3) is 0.800. The first-order valence-corrected chi connectivity index (χ1v) is 5.28. The molecular formula is C10H20N2O3. The molecule has 1 atom stereocenters. The quantitative estimate of drug-likeness (QED) is 0.507. The number of hydrogen-bond acceptors (Lipinski definition) is 3. The molecule has 0 aliphatic rings. The Bertz CT molecular complexity index is 207. The predicted molar refractivity (Wildman–Crippen MR) is 57.6 cm³/mol. The van der Waals surface area contributed by atoms with E-state index in [0.717, 1.165) is 13.0 Å². The molecule has 5 nitrogen and oxygen atoms in total. The summed E-state index contributed by atoms with van der Waals surface area (Å²) in [5, 5.41) is 14.2. The summed E-state index contributed by atoms with van der Waals surface area (Å²) >= 11 is 0. The molecule has 0 aliphatic heterocycles. The molecule has 1 unspecified atom stereocenters. The number of carboxylic acid groups (broad SMARTS) is 1. The van der Waals surface area contributed by atoms with E-state index in [2.05, 4.69) is 10.6 Å². The number of carbonyl (C=O) groups is 2. The van der Waals surface area contributed by atoms with Gasteiger partial charge in [-0.1, -0.05) is 13.8 Å². The number of rotatable bonds is 8. The molecule has 0 radical (unpaired) electrons. The molecule has 5 heteroatoms. The molecule has 0 heterocycles. The number of aliphatic carboxylic acids is 1. The third kappa shape index (κ3) is 7.93. The van der Waals surface area contributed by atoms with Gasteiger partial charge in [0.1, 0.15) is 0 Å². The molecule has 0 bridgehead atoms. The molecule has 0 saturated heterocycles. The molecule has 3 N–H and O–H groups in total. The van der Waals surface area contributed by atoms with Crippen LogP contribution in [0, 0.1) is 5.92 Å². The smallest absolute Gasteiger partial charge is 0.306 e. The third-order valence-corrected chi connectivity index (χ3v) is 2.03. The van der Waals surface area contributed by atoms with Crippen LogP contribution >= 0.6 is 0 Å². The van der Waals surface area contributed by atoms with E-state index in [1.54, 1.807) is 6.92 Å². The largest absolute Gasteiger partial charge is 0.481 e. The second-order valence-corrected chi connectivity index (χ2v) is 3.55. The molecule has 1 amide bonds. The van der Waals surface area contributed by atoms with Crippen LogP contribution in [0.4, 0.5) is 0 Å². The van der Waals surface area contributed by atoms with Crippen LogP contribution in [0.3, 0.4) is 0 Å². The van der Waals surface area contributed by atoms with Gasteiger partial charge in [0.2, 0.25) is 5.91 Å². The summed E-state index contributed by atoms with van der Waals surface area (Å²) in [5.74, 6) is -1.32. The minimum Gasteiger partial charge on any atom is -0.481 e. The number of hydrogen-bond donors (Lipinski definition) is 3. The van der Waals surface area contributed by atoms with E-state index < -0.39 is 11.9 Å². The van der Waals surface area contributed by atoms with Gasteiger partial charge < -0.3 is 15.7 Å². The second-order valence-electron chi connectivity index (χ2n) is 3.55. The molecule has 15 heavy (non-hydrogen) atoms. The van der Waals surface area contributed by atoms with Crippen molar-refractivity contribution < 1.29 is 14.7 Å². The Hall–Kier alpha value is -1.10. The van der Waals surface area contributed by atoms with Gasteiger partial charge >= 0.3 is 5.97 Å². The van der Waals surface area contributed by atoms with Gasteiger partial charge in [0.15, 0.2) is 0 Å². The lowest BCUT2D eigenvalue weighted by Crippen LogP contribution is -2.35. The number of carboxylic acids is 1. The standard InChI is InChI=1S/C10H20N2O3/c1-3-5-11-7-9(13)12-6-4-8(2)10(14)15/h8,11H,3-7H2,1-2H3,(H,12,13)(H,14,15). The van der Waals surface area contributed by atoms with Crippen LogP contribution in [0.5, 0.6) is 0 Å². The third-order valence-electron chi connectivity index (χ3n) is 2.03. The first-order chi connectivity index (χ1) is 7.07. The Morgan fingerprint density at radius 2 is 2.00 bits per heavy atom. The van der Waals surface area contributed by atoms with Gasteiger partial charge in [0.25, 0.3) is 0 Å². The van der Waals surface area contributed by atoms with Crippen molar-refractivity contribution in [2.45, 2.75) is 26.7 Å². The average Bonchev–Trinajstić information content (AvgIpc) is 2.18. The summed E-state index contributed by atoms with van der Waals surface area (Å²) in [7, 11) is 0. The second kappa shape index (κ2) is 8.23. The molecule has 0 aromatic carbocycles. The summed E-state index contributed by atoms with van der Waals surface area (Å²) in [6.07, 6.45) is 1.46. The Kier molecular flexibility index (Phi) is 7.62. The van der Waals surface area contributed by atoms with Gasteiger partial charge in [-0.15, -0.1) is 0 Å². The van der Waals surface area contributed by atoms with Crippen molar-refractivity contribution in [1.29, 1.82) is 0 Å². The van der Waals surface area contributed by atoms with Crippen LogP contribution in [0.25, 0.3) is 0 Å². The molecule has 0 saturated carbocycles. The lowest BCUT2D eigenvalue weighted by molar-refractivity contribution is -0.141. The number of amides is 1. The summed E-state index contributed by atoms with van der Waals surface area (Å²) in [6.45, 7) is 5.19. The molecule has 0 aliphatic carbocycles. The van der Waals surface area contributed by atoms with Gasteiger partial charge in [0, 0.05) is 6.54 Å². The van der Waals surface area contributed by atoms with E-state index in [4.69, 9.17) is 5.11 Å². The first-order valence-electron chi connectivity index (χ1n) is 5.28. The fourth-order valence-electron chi connectivity index (χ4n) is 0.993. The van der Waals surface area contributed by atoms with Crippen molar-refractivity contribution in [2.75, 3.05) is 19.6 Å². The zero-order valence-electron chi connectivity index (χ0n) is 9.38. The highest BCUT2D eigenvalue weighted by Gasteiger charge is 2.10. The zero-order valence-corrected chi connectivity index (χ0v) is 9.38. The minimum atomic E-state index is -0.826. The molecular weight excluding hydrogens is 196 g/mol. The summed E-state index contributed by atoms with van der Waals surface area (Å²) in [6, 6.07) is 0. The van der Waals surface area contributed by atoms with Gasteiger partial charge in [-0.2, -0.15) is 0 Å². The van der Waals surface area contributed by atoms with Crippen molar-refractivity contribution in [3.05, 3.63) is 0 Å². The van der Waals surface area contributed by atoms with E-state index in [1.165, 1.54) is 0 Å². The molecule has 0 aromatic heterocycles. The van der Waals surface area contributed by atoms with Crippen LogP contribution in [0.2, 0.25) is 0 Å². The van der Waals surface area contributed by atoms with E-state index >= 15 is 0 Å². The van der Waals surface area contributed by atoms with Crippen molar-refractivity contribution >= 4 is 11.9 Å². The summed E-state index contributed by atoms with van der Waals surface area (Å²) < 4.78 is 0. The highest BCUT2D eigenvalue weighted by atomic mass is 16.4. The van der Waals surface area contributed by atoms with Crippen LogP contribution in [0.15, 0.2) is 0 Å². The fourth-order valence-corrected chi connectivity index (χ4v) is 0.993. The van der Waals surface area contributed by atoms with Crippen LogP contribution in [-0.2, 0) is 9.59 Å². The Morgan fingerprint density at radius 3 is 2.53 bits per heavy atom. The van der Waals surface area contributed by atoms with Crippen molar-refractivity contribution in [3.8, 4) is 0 Å². The maximum absolute atomic E-state index is 11.1. The lowest BCUT2D eigenvalue weighted by Gasteiger charge is -2.08. The van der Waals surface area contributed by atoms with Crippen molar-refractivity contribution in [1.82, 2.24) is 10.6 Å². The molecule has 0 spiro atoms. The molecule has 0 rings (SSSR count). The van der Waals surface area contributed by atoms with Crippen LogP contribution < -0.4 is 10.6 Å². The van der Waals surface area contributed by atoms with Crippen LogP contribution in [-0.4, -0.2) is 36.6 Å². The van der Waals surface area contributed by atoms with E-state index in [9.17, 15) is 9.59 Å². The minimum absolute atomic E-state index is 0.0824. The topological polar surface area (TPSA) is 78.4 Å². The SMILES string of the molecule is CCCNCC(=O)NCCC(C)C(=O)O. The maximum atomic E-state index is 11.1. The number of carbonyl (C=O) groups excluding carboxylic acids is 1. The van der Waals surface area contributed by atoms with E-state index in [0.29, 0.717) is 19.5 Å². The molecule has 88 valence electrons. The normalized spacial score (nSPS) is 12.1. The summed E-state index contributed by atoms with van der Waals surface area (Å²) in [4.78, 5) is 21.6. The van der Waals surface area contributed by atoms with Gasteiger partial charge in [-0.3, -0.25) is 9.59 Å². The molecule has 0 aromatic rings. The van der Waals surface area contributed by atoms with Gasteiger partial charge in [0.05, 0.1) is 12.5 Å². The Morgan fingerprint density at radius 1 is 1.33 bits per heavy atom.